The van der Waals surface area contributed by atoms with E-state index in [-0.39, 0.29) is 32.1 Å². The Morgan fingerprint density at radius 1 is 1.04 bits per heavy atom. The second kappa shape index (κ2) is 6.85. The van der Waals surface area contributed by atoms with Crippen LogP contribution in [0.1, 0.15) is 11.1 Å². The maximum absolute atomic E-state index is 12.4. The standard InChI is InChI=1S/C16H17F3N2O2/c1-12-4-2-3-5-13(12)6-7-14(22)20-8-10-21(11-9-20)15(23)16(17,18)19/h2-7H,8-11H2,1H3/b7-6+. The first-order valence-electron chi connectivity index (χ1n) is 7.18. The van der Waals surface area contributed by atoms with Gasteiger partial charge in [-0.2, -0.15) is 13.2 Å². The van der Waals surface area contributed by atoms with Gasteiger partial charge in [0.15, 0.2) is 0 Å². The lowest BCUT2D eigenvalue weighted by Crippen LogP contribution is -2.53. The number of benzene rings is 1. The average molecular weight is 326 g/mol. The van der Waals surface area contributed by atoms with Gasteiger partial charge in [0.25, 0.3) is 0 Å². The topological polar surface area (TPSA) is 40.6 Å². The molecular formula is C16H17F3N2O2. The maximum Gasteiger partial charge on any atom is 0.471 e. The Morgan fingerprint density at radius 2 is 1.61 bits per heavy atom. The lowest BCUT2D eigenvalue weighted by atomic mass is 10.1. The number of carbonyl (C=O) groups excluding carboxylic acids is 2. The Kier molecular flexibility index (Phi) is 5.08. The monoisotopic (exact) mass is 326 g/mol. The first-order chi connectivity index (χ1) is 10.8. The quantitative estimate of drug-likeness (QED) is 0.782. The number of piperazine rings is 1. The summed E-state index contributed by atoms with van der Waals surface area (Å²) >= 11 is 0. The molecule has 0 unspecified atom stereocenters. The molecule has 23 heavy (non-hydrogen) atoms. The molecule has 0 bridgehead atoms. The van der Waals surface area contributed by atoms with Crippen molar-refractivity contribution in [3.8, 4) is 0 Å². The number of amides is 2. The Labute approximate surface area is 132 Å². The molecule has 1 aliphatic heterocycles. The Morgan fingerprint density at radius 3 is 2.17 bits per heavy atom. The smallest absolute Gasteiger partial charge is 0.336 e. The van der Waals surface area contributed by atoms with E-state index >= 15 is 0 Å². The van der Waals surface area contributed by atoms with Gasteiger partial charge in [-0.05, 0) is 24.1 Å². The number of carbonyl (C=O) groups is 2. The zero-order valence-electron chi connectivity index (χ0n) is 12.6. The number of aryl methyl sites for hydroxylation is 1. The molecule has 1 fully saturated rings. The summed E-state index contributed by atoms with van der Waals surface area (Å²) < 4.78 is 37.1. The lowest BCUT2D eigenvalue weighted by molar-refractivity contribution is -0.187. The van der Waals surface area contributed by atoms with Crippen LogP contribution in [0.2, 0.25) is 0 Å². The van der Waals surface area contributed by atoms with E-state index < -0.39 is 12.1 Å². The first-order valence-corrected chi connectivity index (χ1v) is 7.18. The molecule has 0 radical (unpaired) electrons. The molecule has 124 valence electrons. The van der Waals surface area contributed by atoms with E-state index in [1.807, 2.05) is 31.2 Å². The minimum atomic E-state index is -4.86. The van der Waals surface area contributed by atoms with E-state index in [1.165, 1.54) is 11.0 Å². The molecule has 1 aliphatic rings. The van der Waals surface area contributed by atoms with E-state index in [9.17, 15) is 22.8 Å². The number of hydrogen-bond donors (Lipinski definition) is 0. The van der Waals surface area contributed by atoms with E-state index in [2.05, 4.69) is 0 Å². The van der Waals surface area contributed by atoms with Crippen LogP contribution in [0, 0.1) is 6.92 Å². The SMILES string of the molecule is Cc1ccccc1/C=C/C(=O)N1CCN(C(=O)C(F)(F)F)CC1. The van der Waals surface area contributed by atoms with Crippen LogP contribution in [0.4, 0.5) is 13.2 Å². The van der Waals surface area contributed by atoms with Crippen LogP contribution in [0.5, 0.6) is 0 Å². The molecule has 0 saturated carbocycles. The van der Waals surface area contributed by atoms with Gasteiger partial charge in [0.05, 0.1) is 0 Å². The highest BCUT2D eigenvalue weighted by molar-refractivity contribution is 5.92. The number of hydrogen-bond acceptors (Lipinski definition) is 2. The number of nitrogens with zero attached hydrogens (tertiary/aromatic N) is 2. The summed E-state index contributed by atoms with van der Waals surface area (Å²) in [6, 6.07) is 7.55. The van der Waals surface area contributed by atoms with E-state index in [1.54, 1.807) is 6.08 Å². The summed E-state index contributed by atoms with van der Waals surface area (Å²) in [5.41, 5.74) is 1.93. The summed E-state index contributed by atoms with van der Waals surface area (Å²) in [6.45, 7) is 1.90. The summed E-state index contributed by atoms with van der Waals surface area (Å²) in [6.07, 6.45) is -1.77. The predicted molar refractivity (Wildman–Crippen MR) is 79.4 cm³/mol. The second-order valence-corrected chi connectivity index (χ2v) is 5.31. The third-order valence-corrected chi connectivity index (χ3v) is 3.71. The predicted octanol–water partition coefficient (Wildman–Crippen LogP) is 2.24. The van der Waals surface area contributed by atoms with E-state index in [4.69, 9.17) is 0 Å². The second-order valence-electron chi connectivity index (χ2n) is 5.31. The molecule has 2 amide bonds. The Balaban J connectivity index is 1.92. The zero-order valence-corrected chi connectivity index (χ0v) is 12.6. The molecule has 7 heteroatoms. The van der Waals surface area contributed by atoms with Crippen molar-refractivity contribution in [2.45, 2.75) is 13.1 Å². The molecule has 1 saturated heterocycles. The Bertz CT molecular complexity index is 618. The summed E-state index contributed by atoms with van der Waals surface area (Å²) in [7, 11) is 0. The van der Waals surface area contributed by atoms with Gasteiger partial charge in [0.2, 0.25) is 5.91 Å². The molecule has 1 heterocycles. The molecule has 0 atom stereocenters. The van der Waals surface area contributed by atoms with E-state index in [0.29, 0.717) is 0 Å². The largest absolute Gasteiger partial charge is 0.471 e. The highest BCUT2D eigenvalue weighted by atomic mass is 19.4. The van der Waals surface area contributed by atoms with Gasteiger partial charge in [-0.15, -0.1) is 0 Å². The van der Waals surface area contributed by atoms with Crippen LogP contribution in [-0.4, -0.2) is 54.0 Å². The number of alkyl halides is 3. The van der Waals surface area contributed by atoms with Crippen molar-refractivity contribution in [3.05, 3.63) is 41.5 Å². The third-order valence-electron chi connectivity index (χ3n) is 3.71. The van der Waals surface area contributed by atoms with Crippen molar-refractivity contribution in [2.75, 3.05) is 26.2 Å². The normalized spacial score (nSPS) is 16.0. The van der Waals surface area contributed by atoms with Crippen LogP contribution in [0.15, 0.2) is 30.3 Å². The highest BCUT2D eigenvalue weighted by Crippen LogP contribution is 2.19. The molecule has 4 nitrogen and oxygen atoms in total. The lowest BCUT2D eigenvalue weighted by Gasteiger charge is -2.34. The fourth-order valence-electron chi connectivity index (χ4n) is 2.35. The van der Waals surface area contributed by atoms with Crippen molar-refractivity contribution < 1.29 is 22.8 Å². The van der Waals surface area contributed by atoms with Gasteiger partial charge < -0.3 is 9.80 Å². The fraction of sp³-hybridized carbons (Fsp3) is 0.375. The Hall–Kier alpha value is -2.31. The summed E-state index contributed by atoms with van der Waals surface area (Å²) in [5.74, 6) is -2.12. The van der Waals surface area contributed by atoms with Crippen LogP contribution in [0.25, 0.3) is 6.08 Å². The fourth-order valence-corrected chi connectivity index (χ4v) is 2.35. The van der Waals surface area contributed by atoms with Gasteiger partial charge >= 0.3 is 12.1 Å². The van der Waals surface area contributed by atoms with Crippen LogP contribution in [-0.2, 0) is 9.59 Å². The van der Waals surface area contributed by atoms with Crippen molar-refractivity contribution in [1.82, 2.24) is 9.80 Å². The number of rotatable bonds is 2. The van der Waals surface area contributed by atoms with Gasteiger partial charge in [-0.3, -0.25) is 9.59 Å². The van der Waals surface area contributed by atoms with Gasteiger partial charge in [-0.25, -0.2) is 0 Å². The molecule has 0 aromatic heterocycles. The van der Waals surface area contributed by atoms with Crippen molar-refractivity contribution in [3.63, 3.8) is 0 Å². The van der Waals surface area contributed by atoms with E-state index in [0.717, 1.165) is 16.0 Å². The van der Waals surface area contributed by atoms with Crippen LogP contribution < -0.4 is 0 Å². The van der Waals surface area contributed by atoms with Gasteiger partial charge in [0.1, 0.15) is 0 Å². The molecule has 0 aliphatic carbocycles. The molecule has 0 spiro atoms. The molecule has 1 aromatic rings. The molecule has 0 N–H and O–H groups in total. The number of halogens is 3. The minimum Gasteiger partial charge on any atom is -0.336 e. The minimum absolute atomic E-state index is 0.0960. The van der Waals surface area contributed by atoms with Crippen LogP contribution in [0.3, 0.4) is 0 Å². The molecule has 1 aromatic carbocycles. The van der Waals surface area contributed by atoms with Crippen molar-refractivity contribution in [2.24, 2.45) is 0 Å². The highest BCUT2D eigenvalue weighted by Gasteiger charge is 2.43. The van der Waals surface area contributed by atoms with Crippen molar-refractivity contribution in [1.29, 1.82) is 0 Å². The van der Waals surface area contributed by atoms with Gasteiger partial charge in [-0.1, -0.05) is 24.3 Å². The zero-order chi connectivity index (χ0) is 17.0. The van der Waals surface area contributed by atoms with Crippen LogP contribution >= 0.6 is 0 Å². The summed E-state index contributed by atoms with van der Waals surface area (Å²) in [4.78, 5) is 25.4. The summed E-state index contributed by atoms with van der Waals surface area (Å²) in [5, 5.41) is 0. The van der Waals surface area contributed by atoms with Gasteiger partial charge in [0, 0.05) is 32.3 Å². The first kappa shape index (κ1) is 17.1. The molecular weight excluding hydrogens is 309 g/mol. The third kappa shape index (κ3) is 4.34. The maximum atomic E-state index is 12.4. The molecule has 2 rings (SSSR count). The average Bonchev–Trinajstić information content (AvgIpc) is 2.52. The van der Waals surface area contributed by atoms with Crippen molar-refractivity contribution >= 4 is 17.9 Å².